The highest BCUT2D eigenvalue weighted by molar-refractivity contribution is 6.30. The number of benzene rings is 2. The van der Waals surface area contributed by atoms with Gasteiger partial charge in [0.25, 0.3) is 5.91 Å². The van der Waals surface area contributed by atoms with Crippen LogP contribution in [0.2, 0.25) is 5.02 Å². The first-order chi connectivity index (χ1) is 11.8. The minimum absolute atomic E-state index is 0.299. The number of aliphatic hydroxyl groups is 1. The standard InChI is InChI=1S/C20H18ClNO3/c1-13(2)12-22-17-6-4-3-5-16(17)20(25,19(22)24)11-18(23)14-7-9-15(21)10-8-14/h3-10,25H,1,11-12H2,2H3/t20-/m0/s1. The number of carbonyl (C=O) groups excluding carboxylic acids is 2. The molecular formula is C20H18ClNO3. The summed E-state index contributed by atoms with van der Waals surface area (Å²) in [6, 6.07) is 13.4. The van der Waals surface area contributed by atoms with Crippen LogP contribution < -0.4 is 4.90 Å². The van der Waals surface area contributed by atoms with Crippen LogP contribution in [0.5, 0.6) is 0 Å². The third-order valence-corrected chi connectivity index (χ3v) is 4.50. The Kier molecular flexibility index (Phi) is 4.50. The predicted molar refractivity (Wildman–Crippen MR) is 97.9 cm³/mol. The second-order valence-electron chi connectivity index (χ2n) is 6.33. The molecule has 0 fully saturated rings. The van der Waals surface area contributed by atoms with Crippen molar-refractivity contribution in [2.24, 2.45) is 0 Å². The fourth-order valence-corrected chi connectivity index (χ4v) is 3.20. The molecule has 1 aliphatic rings. The van der Waals surface area contributed by atoms with E-state index >= 15 is 0 Å². The molecule has 1 aliphatic heterocycles. The van der Waals surface area contributed by atoms with Gasteiger partial charge in [0.05, 0.1) is 12.1 Å². The van der Waals surface area contributed by atoms with Crippen molar-refractivity contribution in [3.63, 3.8) is 0 Å². The van der Waals surface area contributed by atoms with E-state index in [9.17, 15) is 14.7 Å². The quantitative estimate of drug-likeness (QED) is 0.657. The van der Waals surface area contributed by atoms with Crippen molar-refractivity contribution in [2.75, 3.05) is 11.4 Å². The Labute approximate surface area is 151 Å². The Bertz CT molecular complexity index is 859. The van der Waals surface area contributed by atoms with E-state index in [1.165, 1.54) is 4.90 Å². The molecular weight excluding hydrogens is 338 g/mol. The van der Waals surface area contributed by atoms with Crippen molar-refractivity contribution in [1.82, 2.24) is 0 Å². The summed E-state index contributed by atoms with van der Waals surface area (Å²) in [4.78, 5) is 27.0. The van der Waals surface area contributed by atoms with Crippen LogP contribution >= 0.6 is 11.6 Å². The minimum atomic E-state index is -1.87. The largest absolute Gasteiger partial charge is 0.375 e. The van der Waals surface area contributed by atoms with Crippen LogP contribution in [0, 0.1) is 0 Å². The maximum Gasteiger partial charge on any atom is 0.264 e. The Morgan fingerprint density at radius 3 is 2.48 bits per heavy atom. The first kappa shape index (κ1) is 17.4. The molecule has 1 amide bonds. The van der Waals surface area contributed by atoms with Gasteiger partial charge in [-0.15, -0.1) is 0 Å². The van der Waals surface area contributed by atoms with E-state index in [2.05, 4.69) is 6.58 Å². The summed E-state index contributed by atoms with van der Waals surface area (Å²) < 4.78 is 0. The number of hydrogen-bond donors (Lipinski definition) is 1. The molecule has 3 rings (SSSR count). The summed E-state index contributed by atoms with van der Waals surface area (Å²) in [7, 11) is 0. The van der Waals surface area contributed by atoms with Crippen molar-refractivity contribution in [2.45, 2.75) is 18.9 Å². The number of amides is 1. The van der Waals surface area contributed by atoms with Crippen LogP contribution in [0.15, 0.2) is 60.7 Å². The fourth-order valence-electron chi connectivity index (χ4n) is 3.07. The van der Waals surface area contributed by atoms with Gasteiger partial charge < -0.3 is 10.0 Å². The molecule has 0 radical (unpaired) electrons. The van der Waals surface area contributed by atoms with Crippen LogP contribution in [-0.4, -0.2) is 23.3 Å². The van der Waals surface area contributed by atoms with E-state index in [0.29, 0.717) is 28.4 Å². The number of Topliss-reactive ketones (excluding diaryl/α,β-unsaturated/α-hetero) is 1. The molecule has 1 atom stereocenters. The lowest BCUT2D eigenvalue weighted by atomic mass is 9.88. The third kappa shape index (κ3) is 3.11. The summed E-state index contributed by atoms with van der Waals surface area (Å²) in [5.74, 6) is -0.821. The van der Waals surface area contributed by atoms with E-state index in [1.54, 1.807) is 48.5 Å². The van der Waals surface area contributed by atoms with Gasteiger partial charge in [0.2, 0.25) is 0 Å². The number of para-hydroxylation sites is 1. The van der Waals surface area contributed by atoms with Crippen LogP contribution in [-0.2, 0) is 10.4 Å². The molecule has 4 nitrogen and oxygen atoms in total. The number of rotatable bonds is 5. The summed E-state index contributed by atoms with van der Waals surface area (Å²) in [6.45, 7) is 5.95. The molecule has 0 saturated heterocycles. The van der Waals surface area contributed by atoms with Gasteiger partial charge in [0, 0.05) is 22.7 Å². The highest BCUT2D eigenvalue weighted by Gasteiger charge is 2.50. The van der Waals surface area contributed by atoms with Crippen LogP contribution in [0.25, 0.3) is 0 Å². The molecule has 0 unspecified atom stereocenters. The molecule has 25 heavy (non-hydrogen) atoms. The smallest absolute Gasteiger partial charge is 0.264 e. The maximum atomic E-state index is 12.9. The summed E-state index contributed by atoms with van der Waals surface area (Å²) in [5, 5.41) is 11.6. The van der Waals surface area contributed by atoms with E-state index < -0.39 is 11.5 Å². The van der Waals surface area contributed by atoms with Gasteiger partial charge in [-0.05, 0) is 37.3 Å². The van der Waals surface area contributed by atoms with Crippen molar-refractivity contribution in [1.29, 1.82) is 0 Å². The van der Waals surface area contributed by atoms with Gasteiger partial charge in [0.1, 0.15) is 0 Å². The Hall–Kier alpha value is -2.43. The van der Waals surface area contributed by atoms with Crippen LogP contribution in [0.3, 0.4) is 0 Å². The highest BCUT2D eigenvalue weighted by Crippen LogP contribution is 2.43. The van der Waals surface area contributed by atoms with Crippen molar-refractivity contribution in [3.8, 4) is 0 Å². The normalized spacial score (nSPS) is 19.0. The summed E-state index contributed by atoms with van der Waals surface area (Å²) in [6.07, 6.45) is -0.322. The Morgan fingerprint density at radius 2 is 1.84 bits per heavy atom. The lowest BCUT2D eigenvalue weighted by Gasteiger charge is -2.22. The van der Waals surface area contributed by atoms with Gasteiger partial charge in [-0.2, -0.15) is 0 Å². The Balaban J connectivity index is 1.96. The topological polar surface area (TPSA) is 57.6 Å². The number of carbonyl (C=O) groups is 2. The number of nitrogens with zero attached hydrogens (tertiary/aromatic N) is 1. The molecule has 0 saturated carbocycles. The second-order valence-corrected chi connectivity index (χ2v) is 6.77. The average Bonchev–Trinajstić information content (AvgIpc) is 2.77. The predicted octanol–water partition coefficient (Wildman–Crippen LogP) is 3.72. The number of halogens is 1. The molecule has 1 heterocycles. The van der Waals surface area contributed by atoms with Crippen LogP contribution in [0.4, 0.5) is 5.69 Å². The zero-order valence-electron chi connectivity index (χ0n) is 13.8. The van der Waals surface area contributed by atoms with Gasteiger partial charge >= 0.3 is 0 Å². The van der Waals surface area contributed by atoms with Crippen LogP contribution in [0.1, 0.15) is 29.3 Å². The average molecular weight is 356 g/mol. The number of ketones is 1. The van der Waals surface area contributed by atoms with E-state index in [1.807, 2.05) is 6.92 Å². The summed E-state index contributed by atoms with van der Waals surface area (Å²) >= 11 is 5.84. The second kappa shape index (κ2) is 6.47. The van der Waals surface area contributed by atoms with Crippen molar-refractivity contribution >= 4 is 29.0 Å². The third-order valence-electron chi connectivity index (χ3n) is 4.25. The highest BCUT2D eigenvalue weighted by atomic mass is 35.5. The SMILES string of the molecule is C=C(C)CN1C(=O)[C@](O)(CC(=O)c2ccc(Cl)cc2)c2ccccc21. The monoisotopic (exact) mass is 355 g/mol. The molecule has 5 heteroatoms. The first-order valence-electron chi connectivity index (χ1n) is 7.90. The summed E-state index contributed by atoms with van der Waals surface area (Å²) in [5.41, 5.74) is 0.381. The fraction of sp³-hybridized carbons (Fsp3) is 0.200. The lowest BCUT2D eigenvalue weighted by molar-refractivity contribution is -0.135. The first-order valence-corrected chi connectivity index (χ1v) is 8.28. The zero-order valence-corrected chi connectivity index (χ0v) is 14.6. The number of hydrogen-bond acceptors (Lipinski definition) is 3. The maximum absolute atomic E-state index is 12.9. The van der Waals surface area contributed by atoms with Crippen molar-refractivity contribution in [3.05, 3.63) is 76.8 Å². The van der Waals surface area contributed by atoms with Crippen molar-refractivity contribution < 1.29 is 14.7 Å². The van der Waals surface area contributed by atoms with E-state index in [0.717, 1.165) is 5.57 Å². The minimum Gasteiger partial charge on any atom is -0.375 e. The molecule has 128 valence electrons. The van der Waals surface area contributed by atoms with Gasteiger partial charge in [0.15, 0.2) is 11.4 Å². The lowest BCUT2D eigenvalue weighted by Crippen LogP contribution is -2.42. The molecule has 0 aromatic heterocycles. The molecule has 2 aromatic carbocycles. The number of anilines is 1. The molecule has 0 aliphatic carbocycles. The number of fused-ring (bicyclic) bond motifs is 1. The zero-order chi connectivity index (χ0) is 18.2. The molecule has 0 bridgehead atoms. The molecule has 1 N–H and O–H groups in total. The van der Waals surface area contributed by atoms with Gasteiger partial charge in [-0.25, -0.2) is 0 Å². The Morgan fingerprint density at radius 1 is 1.20 bits per heavy atom. The van der Waals surface area contributed by atoms with E-state index in [-0.39, 0.29) is 12.2 Å². The van der Waals surface area contributed by atoms with E-state index in [4.69, 9.17) is 11.6 Å². The molecule has 0 spiro atoms. The van der Waals surface area contributed by atoms with Gasteiger partial charge in [-0.3, -0.25) is 9.59 Å². The van der Waals surface area contributed by atoms with Gasteiger partial charge in [-0.1, -0.05) is 42.0 Å². The molecule has 2 aromatic rings.